The Morgan fingerprint density at radius 3 is 2.73 bits per heavy atom. The molecule has 0 bridgehead atoms. The monoisotopic (exact) mass is 309 g/mol. The molecule has 0 aliphatic carbocycles. The maximum Gasteiger partial charge on any atom is 0.326 e. The van der Waals surface area contributed by atoms with Crippen LogP contribution in [-0.2, 0) is 14.3 Å². The fourth-order valence-electron chi connectivity index (χ4n) is 2.18. The maximum atomic E-state index is 12.0. The molecule has 122 valence electrons. The number of nitrogens with one attached hydrogen (secondary N) is 2. The van der Waals surface area contributed by atoms with E-state index in [0.717, 1.165) is 19.4 Å². The minimum Gasteiger partial charge on any atom is -0.480 e. The first-order valence-corrected chi connectivity index (χ1v) is 7.43. The van der Waals surface area contributed by atoms with Crippen molar-refractivity contribution in [1.29, 1.82) is 5.26 Å². The summed E-state index contributed by atoms with van der Waals surface area (Å²) >= 11 is 0. The number of hydrogen-bond acceptors (Lipinski definition) is 5. The van der Waals surface area contributed by atoms with E-state index in [1.165, 1.54) is 6.20 Å². The van der Waals surface area contributed by atoms with Crippen molar-refractivity contribution in [3.05, 3.63) is 11.8 Å². The lowest BCUT2D eigenvalue weighted by molar-refractivity contribution is -0.141. The Morgan fingerprint density at radius 1 is 1.50 bits per heavy atom. The normalized spacial score (nSPS) is 19.5. The van der Waals surface area contributed by atoms with E-state index in [1.807, 2.05) is 13.8 Å². The molecule has 0 spiro atoms. The van der Waals surface area contributed by atoms with E-state index in [1.54, 1.807) is 6.07 Å². The van der Waals surface area contributed by atoms with Gasteiger partial charge in [-0.3, -0.25) is 4.79 Å². The van der Waals surface area contributed by atoms with Crippen molar-refractivity contribution in [2.24, 2.45) is 5.92 Å². The first-order valence-electron chi connectivity index (χ1n) is 7.43. The van der Waals surface area contributed by atoms with Crippen molar-refractivity contribution in [3.63, 3.8) is 0 Å². The van der Waals surface area contributed by atoms with Crippen molar-refractivity contribution in [1.82, 2.24) is 10.6 Å². The smallest absolute Gasteiger partial charge is 0.326 e. The maximum absolute atomic E-state index is 12.0. The molecule has 0 aromatic heterocycles. The standard InChI is InChI=1S/C15H23N3O4/c1-10(2)6-13(15(20)21)18-14(19)11(7-16)8-17-9-12-4-3-5-22-12/h8,10,12-13,17H,3-6,9H2,1-2H3,(H,18,19)(H,20,21)/b11-8-. The summed E-state index contributed by atoms with van der Waals surface area (Å²) < 4.78 is 5.42. The number of nitrogens with zero attached hydrogens (tertiary/aromatic N) is 1. The van der Waals surface area contributed by atoms with E-state index >= 15 is 0 Å². The molecule has 22 heavy (non-hydrogen) atoms. The van der Waals surface area contributed by atoms with Crippen molar-refractivity contribution >= 4 is 11.9 Å². The van der Waals surface area contributed by atoms with Crippen molar-refractivity contribution in [2.75, 3.05) is 13.2 Å². The summed E-state index contributed by atoms with van der Waals surface area (Å²) in [6.45, 7) is 4.99. The minimum atomic E-state index is -1.10. The molecular formula is C15H23N3O4. The van der Waals surface area contributed by atoms with Crippen LogP contribution in [0.3, 0.4) is 0 Å². The van der Waals surface area contributed by atoms with Crippen LogP contribution in [0.2, 0.25) is 0 Å². The second kappa shape index (κ2) is 9.05. The van der Waals surface area contributed by atoms with E-state index in [-0.39, 0.29) is 17.6 Å². The van der Waals surface area contributed by atoms with E-state index in [2.05, 4.69) is 10.6 Å². The number of carboxylic acid groups (broad SMARTS) is 1. The summed E-state index contributed by atoms with van der Waals surface area (Å²) in [6, 6.07) is 0.780. The van der Waals surface area contributed by atoms with Crippen LogP contribution in [0.1, 0.15) is 33.1 Å². The van der Waals surface area contributed by atoms with E-state index in [0.29, 0.717) is 13.0 Å². The lowest BCUT2D eigenvalue weighted by Crippen LogP contribution is -2.42. The van der Waals surface area contributed by atoms with Gasteiger partial charge in [0.2, 0.25) is 0 Å². The molecule has 1 heterocycles. The SMILES string of the molecule is CC(C)CC(NC(=O)/C(C#N)=C\NCC1CCCO1)C(=O)O. The lowest BCUT2D eigenvalue weighted by atomic mass is 10.0. The quantitative estimate of drug-likeness (QED) is 0.451. The number of amides is 1. The Morgan fingerprint density at radius 2 is 2.23 bits per heavy atom. The Hall–Kier alpha value is -2.07. The molecular weight excluding hydrogens is 286 g/mol. The van der Waals surface area contributed by atoms with Crippen LogP contribution < -0.4 is 10.6 Å². The molecule has 1 fully saturated rings. The van der Waals surface area contributed by atoms with Crippen LogP contribution in [0.25, 0.3) is 0 Å². The second-order valence-electron chi connectivity index (χ2n) is 5.71. The molecule has 3 N–H and O–H groups in total. The molecule has 1 aliphatic heterocycles. The minimum absolute atomic E-state index is 0.0898. The molecule has 0 aromatic rings. The predicted octanol–water partition coefficient (Wildman–Crippen LogP) is 0.778. The molecule has 1 rings (SSSR count). The number of ether oxygens (including phenoxy) is 1. The molecule has 2 atom stereocenters. The van der Waals surface area contributed by atoms with E-state index < -0.39 is 17.9 Å². The van der Waals surface area contributed by atoms with Gasteiger partial charge in [-0.1, -0.05) is 13.8 Å². The zero-order valence-electron chi connectivity index (χ0n) is 13.0. The van der Waals surface area contributed by atoms with Gasteiger partial charge in [-0.25, -0.2) is 4.79 Å². The summed E-state index contributed by atoms with van der Waals surface area (Å²) in [7, 11) is 0. The zero-order chi connectivity index (χ0) is 16.5. The van der Waals surface area contributed by atoms with Crippen LogP contribution in [0, 0.1) is 17.2 Å². The molecule has 1 amide bonds. The molecule has 7 heteroatoms. The van der Waals surface area contributed by atoms with Crippen LogP contribution in [0.5, 0.6) is 0 Å². The number of aliphatic carboxylic acids is 1. The van der Waals surface area contributed by atoms with Gasteiger partial charge in [0.25, 0.3) is 5.91 Å². The Kier molecular flexibility index (Phi) is 7.40. The van der Waals surface area contributed by atoms with Crippen LogP contribution in [0.15, 0.2) is 11.8 Å². The van der Waals surface area contributed by atoms with Crippen molar-refractivity contribution in [2.45, 2.75) is 45.3 Å². The van der Waals surface area contributed by atoms with Gasteiger partial charge >= 0.3 is 5.97 Å². The van der Waals surface area contributed by atoms with Crippen molar-refractivity contribution < 1.29 is 19.4 Å². The van der Waals surface area contributed by atoms with Crippen LogP contribution in [0.4, 0.5) is 0 Å². The molecule has 7 nitrogen and oxygen atoms in total. The average Bonchev–Trinajstić information content (AvgIpc) is 2.95. The fourth-order valence-corrected chi connectivity index (χ4v) is 2.18. The summed E-state index contributed by atoms with van der Waals surface area (Å²) in [4.78, 5) is 23.1. The highest BCUT2D eigenvalue weighted by Crippen LogP contribution is 2.10. The van der Waals surface area contributed by atoms with Gasteiger partial charge < -0.3 is 20.5 Å². The van der Waals surface area contributed by atoms with Gasteiger partial charge in [-0.15, -0.1) is 0 Å². The number of nitriles is 1. The number of rotatable bonds is 8. The number of carbonyl (C=O) groups is 2. The third kappa shape index (κ3) is 6.14. The highest BCUT2D eigenvalue weighted by molar-refractivity contribution is 5.99. The average molecular weight is 309 g/mol. The van der Waals surface area contributed by atoms with Crippen LogP contribution >= 0.6 is 0 Å². The van der Waals surface area contributed by atoms with Gasteiger partial charge in [-0.05, 0) is 25.2 Å². The van der Waals surface area contributed by atoms with Gasteiger partial charge in [-0.2, -0.15) is 5.26 Å². The highest BCUT2D eigenvalue weighted by Gasteiger charge is 2.23. The molecule has 1 aliphatic rings. The Balaban J connectivity index is 2.54. The van der Waals surface area contributed by atoms with Gasteiger partial charge in [0.15, 0.2) is 0 Å². The van der Waals surface area contributed by atoms with Crippen molar-refractivity contribution in [3.8, 4) is 6.07 Å². The van der Waals surface area contributed by atoms with Gasteiger partial charge in [0.1, 0.15) is 17.7 Å². The third-order valence-electron chi connectivity index (χ3n) is 3.29. The molecule has 2 unspecified atom stereocenters. The van der Waals surface area contributed by atoms with Crippen LogP contribution in [-0.4, -0.2) is 42.3 Å². The molecule has 0 aromatic carbocycles. The van der Waals surface area contributed by atoms with Gasteiger partial charge in [0.05, 0.1) is 6.10 Å². The molecule has 0 saturated carbocycles. The van der Waals surface area contributed by atoms with E-state index in [4.69, 9.17) is 15.1 Å². The Labute approximate surface area is 130 Å². The summed E-state index contributed by atoms with van der Waals surface area (Å²) in [6.07, 6.45) is 3.67. The first kappa shape index (κ1) is 18.0. The number of hydrogen-bond donors (Lipinski definition) is 3. The number of carbonyl (C=O) groups excluding carboxylic acids is 1. The highest BCUT2D eigenvalue weighted by atomic mass is 16.5. The summed E-state index contributed by atoms with van der Waals surface area (Å²) in [5.74, 6) is -1.67. The largest absolute Gasteiger partial charge is 0.480 e. The third-order valence-corrected chi connectivity index (χ3v) is 3.29. The predicted molar refractivity (Wildman–Crippen MR) is 79.7 cm³/mol. The molecule has 0 radical (unpaired) electrons. The fraction of sp³-hybridized carbons (Fsp3) is 0.667. The molecule has 1 saturated heterocycles. The second-order valence-corrected chi connectivity index (χ2v) is 5.71. The topological polar surface area (TPSA) is 111 Å². The first-order chi connectivity index (χ1) is 10.4. The summed E-state index contributed by atoms with van der Waals surface area (Å²) in [5.41, 5.74) is -0.145. The number of carboxylic acids is 1. The van der Waals surface area contributed by atoms with Gasteiger partial charge in [0, 0.05) is 19.4 Å². The zero-order valence-corrected chi connectivity index (χ0v) is 13.0. The lowest BCUT2D eigenvalue weighted by Gasteiger charge is -2.16. The Bertz CT molecular complexity index is 462. The summed E-state index contributed by atoms with van der Waals surface area (Å²) in [5, 5.41) is 23.4. The van der Waals surface area contributed by atoms with E-state index in [9.17, 15) is 9.59 Å².